The van der Waals surface area contributed by atoms with Crippen LogP contribution in [0.3, 0.4) is 0 Å². The number of methoxy groups -OCH3 is 1. The molecule has 0 spiro atoms. The molecular formula is C27H37O6P. The number of ether oxygens (including phenoxy) is 2. The van der Waals surface area contributed by atoms with Crippen LogP contribution in [-0.2, 0) is 10.2 Å². The van der Waals surface area contributed by atoms with Crippen LogP contribution < -0.4 is 9.47 Å². The highest BCUT2D eigenvalue weighted by atomic mass is 31.2. The number of rotatable bonds is 9. The minimum atomic E-state index is -3.30. The summed E-state index contributed by atoms with van der Waals surface area (Å²) in [6.07, 6.45) is 5.77. The van der Waals surface area contributed by atoms with Gasteiger partial charge in [-0.2, -0.15) is 0 Å². The van der Waals surface area contributed by atoms with Crippen molar-refractivity contribution in [2.75, 3.05) is 26.5 Å². The van der Waals surface area contributed by atoms with E-state index in [1.807, 2.05) is 12.1 Å². The zero-order valence-electron chi connectivity index (χ0n) is 20.2. The van der Waals surface area contributed by atoms with Crippen LogP contribution in [-0.4, -0.2) is 41.6 Å². The number of hydrogen-bond donors (Lipinski definition) is 3. The quantitative estimate of drug-likeness (QED) is 0.412. The van der Waals surface area contributed by atoms with Gasteiger partial charge < -0.3 is 24.6 Å². The molecule has 0 aliphatic heterocycles. The van der Waals surface area contributed by atoms with Gasteiger partial charge in [0, 0.05) is 6.66 Å². The van der Waals surface area contributed by atoms with Gasteiger partial charge >= 0.3 is 0 Å². The largest absolute Gasteiger partial charge is 0.497 e. The molecule has 0 saturated heterocycles. The van der Waals surface area contributed by atoms with E-state index in [0.29, 0.717) is 29.8 Å². The first-order valence-electron chi connectivity index (χ1n) is 12.3. The first-order chi connectivity index (χ1) is 16.2. The van der Waals surface area contributed by atoms with Crippen molar-refractivity contribution in [3.63, 3.8) is 0 Å². The molecule has 6 nitrogen and oxygen atoms in total. The van der Waals surface area contributed by atoms with E-state index in [1.54, 1.807) is 25.3 Å². The second-order valence-electron chi connectivity index (χ2n) is 10.2. The SMILES string of the molecule is COc1ccc(C2(O)CCC2)c(C2CCC(COc3cccc([C@H](O)CP(C)(=O)O)c3)CC2)c1. The summed E-state index contributed by atoms with van der Waals surface area (Å²) < 4.78 is 23.1. The lowest BCUT2D eigenvalue weighted by Crippen LogP contribution is -2.35. The van der Waals surface area contributed by atoms with Crippen LogP contribution in [0.15, 0.2) is 42.5 Å². The fourth-order valence-electron chi connectivity index (χ4n) is 5.30. The molecule has 2 aliphatic rings. The Hall–Kier alpha value is -1.85. The molecule has 2 aromatic rings. The normalized spacial score (nSPS) is 24.5. The van der Waals surface area contributed by atoms with Crippen LogP contribution in [0.1, 0.15) is 73.7 Å². The Kier molecular flexibility index (Phi) is 7.73. The molecule has 2 aliphatic carbocycles. The van der Waals surface area contributed by atoms with Gasteiger partial charge in [0.25, 0.3) is 0 Å². The Morgan fingerprint density at radius 3 is 2.44 bits per heavy atom. The Bertz CT molecular complexity index is 1020. The number of hydrogen-bond acceptors (Lipinski definition) is 5. The van der Waals surface area contributed by atoms with Gasteiger partial charge in [-0.3, -0.25) is 4.57 Å². The minimum absolute atomic E-state index is 0.165. The molecule has 1 unspecified atom stereocenters. The molecule has 34 heavy (non-hydrogen) atoms. The summed E-state index contributed by atoms with van der Waals surface area (Å²) in [5.41, 5.74) is 2.23. The van der Waals surface area contributed by atoms with Crippen molar-refractivity contribution in [2.24, 2.45) is 5.92 Å². The Morgan fingerprint density at radius 2 is 1.82 bits per heavy atom. The summed E-state index contributed by atoms with van der Waals surface area (Å²) in [5.74, 6) is 2.37. The van der Waals surface area contributed by atoms with Gasteiger partial charge in [0.1, 0.15) is 11.5 Å². The van der Waals surface area contributed by atoms with Crippen molar-refractivity contribution >= 4 is 7.37 Å². The lowest BCUT2D eigenvalue weighted by atomic mass is 9.69. The van der Waals surface area contributed by atoms with Gasteiger partial charge in [-0.25, -0.2) is 0 Å². The average molecular weight is 489 g/mol. The zero-order valence-corrected chi connectivity index (χ0v) is 21.0. The van der Waals surface area contributed by atoms with E-state index in [9.17, 15) is 19.7 Å². The van der Waals surface area contributed by atoms with Crippen molar-refractivity contribution in [1.82, 2.24) is 0 Å². The molecule has 186 valence electrons. The predicted molar refractivity (Wildman–Crippen MR) is 133 cm³/mol. The highest BCUT2D eigenvalue weighted by Crippen LogP contribution is 2.47. The Labute approximate surface area is 202 Å². The molecule has 2 atom stereocenters. The fourth-order valence-corrected chi connectivity index (χ4v) is 6.16. The second-order valence-corrected chi connectivity index (χ2v) is 12.7. The van der Waals surface area contributed by atoms with Crippen LogP contribution in [0.25, 0.3) is 0 Å². The van der Waals surface area contributed by atoms with Crippen LogP contribution in [0.2, 0.25) is 0 Å². The minimum Gasteiger partial charge on any atom is -0.497 e. The number of benzene rings is 2. The van der Waals surface area contributed by atoms with Gasteiger partial charge in [0.05, 0.1) is 31.6 Å². The predicted octanol–water partition coefficient (Wildman–Crippen LogP) is 5.35. The maximum Gasteiger partial charge on any atom is 0.200 e. The lowest BCUT2D eigenvalue weighted by Gasteiger charge is -2.40. The third kappa shape index (κ3) is 6.04. The zero-order chi connectivity index (χ0) is 24.3. The maximum atomic E-state index is 11.6. The van der Waals surface area contributed by atoms with E-state index in [2.05, 4.69) is 12.1 Å². The van der Waals surface area contributed by atoms with Crippen LogP contribution in [0.4, 0.5) is 0 Å². The molecule has 0 amide bonds. The second kappa shape index (κ2) is 10.4. The van der Waals surface area contributed by atoms with E-state index in [1.165, 1.54) is 12.2 Å². The molecule has 4 rings (SSSR count). The van der Waals surface area contributed by atoms with E-state index < -0.39 is 19.1 Å². The molecular weight excluding hydrogens is 451 g/mol. The molecule has 2 fully saturated rings. The topological polar surface area (TPSA) is 96.2 Å². The van der Waals surface area contributed by atoms with Crippen molar-refractivity contribution in [2.45, 2.75) is 62.6 Å². The summed E-state index contributed by atoms with van der Waals surface area (Å²) in [7, 11) is -1.62. The summed E-state index contributed by atoms with van der Waals surface area (Å²) in [4.78, 5) is 9.55. The maximum absolute atomic E-state index is 11.6. The first-order valence-corrected chi connectivity index (χ1v) is 14.6. The molecule has 0 radical (unpaired) electrons. The third-order valence-corrected chi connectivity index (χ3v) is 8.49. The van der Waals surface area contributed by atoms with Crippen LogP contribution in [0.5, 0.6) is 11.5 Å². The van der Waals surface area contributed by atoms with Crippen molar-refractivity contribution < 1.29 is 29.1 Å². The van der Waals surface area contributed by atoms with Crippen LogP contribution in [0, 0.1) is 5.92 Å². The monoisotopic (exact) mass is 488 g/mol. The van der Waals surface area contributed by atoms with Gasteiger partial charge in [-0.15, -0.1) is 0 Å². The van der Waals surface area contributed by atoms with Gasteiger partial charge in [-0.1, -0.05) is 18.2 Å². The number of aliphatic hydroxyl groups is 2. The van der Waals surface area contributed by atoms with E-state index in [-0.39, 0.29) is 6.16 Å². The fraction of sp³-hybridized carbons (Fsp3) is 0.556. The highest BCUT2D eigenvalue weighted by molar-refractivity contribution is 7.57. The number of aliphatic hydroxyl groups excluding tert-OH is 1. The molecule has 0 heterocycles. The van der Waals surface area contributed by atoms with Crippen LogP contribution >= 0.6 is 7.37 Å². The highest BCUT2D eigenvalue weighted by Gasteiger charge is 2.39. The Morgan fingerprint density at radius 1 is 1.09 bits per heavy atom. The standard InChI is InChI=1S/C27H37O6P/c1-32-22-11-12-25(27(29)13-4-14-27)24(16-22)20-9-7-19(8-10-20)17-33-23-6-3-5-21(15-23)26(28)18-34(2,30)31/h3,5-6,11-12,15-16,19-20,26,28-29H,4,7-10,13-14,17-18H2,1-2H3,(H,30,31)/t19?,20?,26-/m1/s1. The summed E-state index contributed by atoms with van der Waals surface area (Å²) in [6, 6.07) is 13.3. The summed E-state index contributed by atoms with van der Waals surface area (Å²) in [5, 5.41) is 21.3. The molecule has 0 bridgehead atoms. The first kappa shape index (κ1) is 25.2. The molecule has 3 N–H and O–H groups in total. The van der Waals surface area contributed by atoms with Crippen molar-refractivity contribution in [3.05, 3.63) is 59.2 Å². The summed E-state index contributed by atoms with van der Waals surface area (Å²) >= 11 is 0. The van der Waals surface area contributed by atoms with E-state index >= 15 is 0 Å². The van der Waals surface area contributed by atoms with E-state index in [4.69, 9.17) is 9.47 Å². The average Bonchev–Trinajstić information content (AvgIpc) is 2.80. The van der Waals surface area contributed by atoms with Gasteiger partial charge in [-0.05, 0) is 97.7 Å². The molecule has 7 heteroatoms. The third-order valence-electron chi connectivity index (χ3n) is 7.47. The summed E-state index contributed by atoms with van der Waals surface area (Å²) in [6.45, 7) is 1.86. The van der Waals surface area contributed by atoms with Gasteiger partial charge in [0.2, 0.25) is 7.37 Å². The van der Waals surface area contributed by atoms with E-state index in [0.717, 1.165) is 56.3 Å². The van der Waals surface area contributed by atoms with Gasteiger partial charge in [0.15, 0.2) is 0 Å². The molecule has 2 saturated carbocycles. The van der Waals surface area contributed by atoms with Crippen molar-refractivity contribution in [1.29, 1.82) is 0 Å². The Balaban J connectivity index is 1.35. The molecule has 0 aromatic heterocycles. The van der Waals surface area contributed by atoms with Crippen molar-refractivity contribution in [3.8, 4) is 11.5 Å². The lowest BCUT2D eigenvalue weighted by molar-refractivity contribution is -0.0399. The molecule has 2 aromatic carbocycles. The smallest absolute Gasteiger partial charge is 0.200 e.